The highest BCUT2D eigenvalue weighted by molar-refractivity contribution is 5.81. The van der Waals surface area contributed by atoms with E-state index in [1.165, 1.54) is 5.56 Å². The van der Waals surface area contributed by atoms with Gasteiger partial charge in [0.15, 0.2) is 0 Å². The number of hydrogen-bond donors (Lipinski definition) is 2. The van der Waals surface area contributed by atoms with E-state index in [1.807, 2.05) is 24.3 Å². The minimum absolute atomic E-state index is 0.668. The third-order valence-electron chi connectivity index (χ3n) is 6.26. The third kappa shape index (κ3) is 3.92. The van der Waals surface area contributed by atoms with Crippen molar-refractivity contribution in [2.75, 3.05) is 43.1 Å². The Morgan fingerprint density at radius 1 is 0.939 bits per heavy atom. The molecule has 6 rings (SSSR count). The number of rotatable bonds is 5. The molecule has 8 nitrogen and oxygen atoms in total. The van der Waals surface area contributed by atoms with Crippen LogP contribution in [-0.4, -0.2) is 52.4 Å². The predicted octanol–water partition coefficient (Wildman–Crippen LogP) is 2.91. The summed E-state index contributed by atoms with van der Waals surface area (Å²) >= 11 is 0. The fraction of sp³-hybridized carbons (Fsp3) is 0.320. The average Bonchev–Trinajstić information content (AvgIpc) is 3.28. The lowest BCUT2D eigenvalue weighted by atomic mass is 10.1. The summed E-state index contributed by atoms with van der Waals surface area (Å²) in [7, 11) is 0. The molecule has 0 atom stereocenters. The first-order chi connectivity index (χ1) is 16.4. The summed E-state index contributed by atoms with van der Waals surface area (Å²) in [5.74, 6) is 2.43. The summed E-state index contributed by atoms with van der Waals surface area (Å²) in [6.45, 7) is 5.41. The van der Waals surface area contributed by atoms with Gasteiger partial charge >= 0.3 is 0 Å². The Hall–Kier alpha value is -3.49. The van der Waals surface area contributed by atoms with Crippen molar-refractivity contribution in [2.45, 2.75) is 19.5 Å². The second-order valence-electron chi connectivity index (χ2n) is 8.40. The van der Waals surface area contributed by atoms with Crippen LogP contribution in [0.4, 0.5) is 11.8 Å². The van der Waals surface area contributed by atoms with Crippen LogP contribution in [0.1, 0.15) is 16.8 Å². The van der Waals surface area contributed by atoms with Gasteiger partial charge in [0, 0.05) is 44.7 Å². The Bertz CT molecular complexity index is 1260. The minimum atomic E-state index is 0.668. The van der Waals surface area contributed by atoms with Gasteiger partial charge < -0.3 is 20.3 Å². The largest absolute Gasteiger partial charge is 0.378 e. The average molecular weight is 442 g/mol. The molecule has 2 aromatic heterocycles. The van der Waals surface area contributed by atoms with Crippen LogP contribution in [0.3, 0.4) is 0 Å². The number of para-hydroxylation sites is 2. The smallest absolute Gasteiger partial charge is 0.239 e. The van der Waals surface area contributed by atoms with Gasteiger partial charge in [-0.25, -0.2) is 14.5 Å². The molecule has 0 radical (unpaired) electrons. The molecule has 1 fully saturated rings. The fourth-order valence-electron chi connectivity index (χ4n) is 4.54. The summed E-state index contributed by atoms with van der Waals surface area (Å²) in [6, 6.07) is 18.6. The number of hydrogen-bond acceptors (Lipinski definition) is 7. The van der Waals surface area contributed by atoms with E-state index in [9.17, 15) is 0 Å². The van der Waals surface area contributed by atoms with Crippen LogP contribution in [-0.2, 0) is 24.2 Å². The Morgan fingerprint density at radius 2 is 1.76 bits per heavy atom. The van der Waals surface area contributed by atoms with Crippen molar-refractivity contribution < 1.29 is 4.74 Å². The van der Waals surface area contributed by atoms with Crippen molar-refractivity contribution >= 4 is 22.8 Å². The molecule has 168 valence electrons. The van der Waals surface area contributed by atoms with Gasteiger partial charge in [0.25, 0.3) is 0 Å². The molecular weight excluding hydrogens is 414 g/mol. The molecule has 33 heavy (non-hydrogen) atoms. The third-order valence-corrected chi connectivity index (χ3v) is 6.26. The number of fused-ring (bicyclic) bond motifs is 2. The number of nitrogens with zero attached hydrogens (tertiary/aromatic N) is 5. The summed E-state index contributed by atoms with van der Waals surface area (Å²) in [4.78, 5) is 17.3. The molecule has 2 aliphatic heterocycles. The van der Waals surface area contributed by atoms with Crippen molar-refractivity contribution in [3.05, 3.63) is 71.4 Å². The van der Waals surface area contributed by atoms with Crippen molar-refractivity contribution in [3.63, 3.8) is 0 Å². The molecule has 0 saturated carbocycles. The highest BCUT2D eigenvalue weighted by atomic mass is 16.5. The van der Waals surface area contributed by atoms with Crippen molar-refractivity contribution in [1.82, 2.24) is 24.8 Å². The predicted molar refractivity (Wildman–Crippen MR) is 129 cm³/mol. The van der Waals surface area contributed by atoms with Crippen molar-refractivity contribution in [2.24, 2.45) is 0 Å². The number of nitrogens with one attached hydrogen (secondary N) is 2. The maximum Gasteiger partial charge on any atom is 0.239 e. The van der Waals surface area contributed by atoms with E-state index in [4.69, 9.17) is 19.7 Å². The van der Waals surface area contributed by atoms with Crippen LogP contribution < -0.4 is 15.5 Å². The van der Waals surface area contributed by atoms with Crippen LogP contribution >= 0.6 is 0 Å². The van der Waals surface area contributed by atoms with Gasteiger partial charge in [-0.2, -0.15) is 4.98 Å². The summed E-state index contributed by atoms with van der Waals surface area (Å²) < 4.78 is 7.69. The molecule has 0 spiro atoms. The zero-order chi connectivity index (χ0) is 22.0. The van der Waals surface area contributed by atoms with E-state index in [2.05, 4.69) is 50.4 Å². The van der Waals surface area contributed by atoms with E-state index in [-0.39, 0.29) is 0 Å². The van der Waals surface area contributed by atoms with E-state index in [0.717, 1.165) is 66.7 Å². The lowest BCUT2D eigenvalue weighted by Crippen LogP contribution is -2.38. The minimum Gasteiger partial charge on any atom is -0.378 e. The number of benzene rings is 2. The number of imidazole rings is 1. The number of anilines is 2. The Labute approximate surface area is 192 Å². The topological polar surface area (TPSA) is 80.1 Å². The first kappa shape index (κ1) is 20.1. The van der Waals surface area contributed by atoms with Gasteiger partial charge in [0.1, 0.15) is 5.82 Å². The first-order valence-corrected chi connectivity index (χ1v) is 11.6. The van der Waals surface area contributed by atoms with Gasteiger partial charge in [-0.1, -0.05) is 42.5 Å². The molecule has 1 saturated heterocycles. The Kier molecular flexibility index (Phi) is 5.37. The highest BCUT2D eigenvalue weighted by Gasteiger charge is 2.24. The van der Waals surface area contributed by atoms with E-state index >= 15 is 0 Å². The van der Waals surface area contributed by atoms with Gasteiger partial charge in [-0.15, -0.1) is 0 Å². The summed E-state index contributed by atoms with van der Waals surface area (Å²) in [6.07, 6.45) is 0.879. The molecule has 4 aromatic rings. The van der Waals surface area contributed by atoms with Crippen LogP contribution in [0.5, 0.6) is 0 Å². The molecule has 8 heteroatoms. The molecule has 0 aliphatic carbocycles. The molecule has 0 amide bonds. The van der Waals surface area contributed by atoms with Gasteiger partial charge in [-0.05, 0) is 17.7 Å². The number of morpholine rings is 1. The lowest BCUT2D eigenvalue weighted by molar-refractivity contribution is 0.122. The second kappa shape index (κ2) is 8.80. The Balaban J connectivity index is 1.46. The molecule has 2 aromatic carbocycles. The second-order valence-corrected chi connectivity index (χ2v) is 8.40. The lowest BCUT2D eigenvalue weighted by Gasteiger charge is -2.28. The van der Waals surface area contributed by atoms with Gasteiger partial charge in [-0.3, -0.25) is 0 Å². The monoisotopic (exact) mass is 441 g/mol. The number of ether oxygens (including phenoxy) is 1. The maximum atomic E-state index is 5.58. The quantitative estimate of drug-likeness (QED) is 0.493. The van der Waals surface area contributed by atoms with Crippen LogP contribution in [0.2, 0.25) is 0 Å². The maximum absolute atomic E-state index is 5.58. The normalized spacial score (nSPS) is 16.1. The standard InChI is InChI=1S/C25H27N7O/c1-2-6-18(7-3-1)16-27-23-19-17-26-11-10-20(19)28-24(30-23)32-22-9-5-4-8-21(22)29-25(32)31-12-14-33-15-13-31/h1-9,26H,10-17H2,(H,27,28,30). The zero-order valence-electron chi connectivity index (χ0n) is 18.5. The van der Waals surface area contributed by atoms with Crippen molar-refractivity contribution in [3.8, 4) is 5.95 Å². The number of aromatic nitrogens is 4. The fourth-order valence-corrected chi connectivity index (χ4v) is 4.54. The SMILES string of the molecule is c1ccc(CNc2nc(-n3c(N4CCOCC4)nc4ccccc43)nc3c2CNCC3)cc1. The van der Waals surface area contributed by atoms with Gasteiger partial charge in [0.05, 0.1) is 29.9 Å². The van der Waals surface area contributed by atoms with E-state index in [1.54, 1.807) is 0 Å². The van der Waals surface area contributed by atoms with E-state index < -0.39 is 0 Å². The molecule has 4 heterocycles. The van der Waals surface area contributed by atoms with Crippen LogP contribution in [0, 0.1) is 0 Å². The summed E-state index contributed by atoms with van der Waals surface area (Å²) in [5, 5.41) is 7.05. The Morgan fingerprint density at radius 3 is 2.64 bits per heavy atom. The van der Waals surface area contributed by atoms with Crippen molar-refractivity contribution in [1.29, 1.82) is 0 Å². The molecule has 2 N–H and O–H groups in total. The molecule has 2 aliphatic rings. The van der Waals surface area contributed by atoms with Gasteiger partial charge in [0.2, 0.25) is 11.9 Å². The zero-order valence-corrected chi connectivity index (χ0v) is 18.5. The van der Waals surface area contributed by atoms with E-state index in [0.29, 0.717) is 25.7 Å². The van der Waals surface area contributed by atoms with Crippen LogP contribution in [0.25, 0.3) is 17.0 Å². The molecule has 0 unspecified atom stereocenters. The molecular formula is C25H27N7O. The first-order valence-electron chi connectivity index (χ1n) is 11.6. The summed E-state index contributed by atoms with van der Waals surface area (Å²) in [5.41, 5.74) is 5.43. The highest BCUT2D eigenvalue weighted by Crippen LogP contribution is 2.29. The molecule has 0 bridgehead atoms. The van der Waals surface area contributed by atoms with Crippen LogP contribution in [0.15, 0.2) is 54.6 Å².